The highest BCUT2D eigenvalue weighted by Gasteiger charge is 2.28. The maximum absolute atomic E-state index is 12.8. The molecule has 0 saturated carbocycles. The number of methoxy groups -OCH3 is 1. The van der Waals surface area contributed by atoms with Crippen molar-refractivity contribution in [2.24, 2.45) is 0 Å². The van der Waals surface area contributed by atoms with E-state index in [0.29, 0.717) is 11.8 Å². The molecular formula is C11H15F2NO4S. The standard InChI is InChI=1S/C11H15F2NO4S/c1-7(17-2)8-4-5-9(14-6-8)10(11(12)13)18-19(3,15)16/h4-7,10-11H,1-3H3. The van der Waals surface area contributed by atoms with Crippen molar-refractivity contribution in [1.82, 2.24) is 4.98 Å². The molecule has 0 saturated heterocycles. The zero-order valence-electron chi connectivity index (χ0n) is 10.7. The molecule has 2 atom stereocenters. The molecule has 0 aliphatic carbocycles. The van der Waals surface area contributed by atoms with Crippen molar-refractivity contribution >= 4 is 10.1 Å². The summed E-state index contributed by atoms with van der Waals surface area (Å²) < 4.78 is 56.8. The van der Waals surface area contributed by atoms with Gasteiger partial charge in [-0.1, -0.05) is 6.07 Å². The number of hydrogen-bond donors (Lipinski definition) is 0. The molecule has 1 aromatic rings. The summed E-state index contributed by atoms with van der Waals surface area (Å²) in [6, 6.07) is 2.84. The Balaban J connectivity index is 2.98. The van der Waals surface area contributed by atoms with E-state index in [1.807, 2.05) is 0 Å². The van der Waals surface area contributed by atoms with Crippen LogP contribution in [0, 0.1) is 0 Å². The predicted octanol–water partition coefficient (Wildman–Crippen LogP) is 2.07. The highest BCUT2D eigenvalue weighted by Crippen LogP contribution is 2.26. The van der Waals surface area contributed by atoms with Crippen LogP contribution >= 0.6 is 0 Å². The molecule has 0 aliphatic rings. The van der Waals surface area contributed by atoms with Gasteiger partial charge in [0.2, 0.25) is 0 Å². The Morgan fingerprint density at radius 1 is 1.32 bits per heavy atom. The summed E-state index contributed by atoms with van der Waals surface area (Å²) >= 11 is 0. The Labute approximate surface area is 110 Å². The Bertz CT molecular complexity index is 504. The first-order valence-electron chi connectivity index (χ1n) is 5.39. The molecule has 108 valence electrons. The van der Waals surface area contributed by atoms with E-state index in [0.717, 1.165) is 0 Å². The second-order valence-corrected chi connectivity index (χ2v) is 5.55. The monoisotopic (exact) mass is 295 g/mol. The van der Waals surface area contributed by atoms with Gasteiger partial charge in [-0.15, -0.1) is 0 Å². The van der Waals surface area contributed by atoms with Crippen LogP contribution in [0.5, 0.6) is 0 Å². The van der Waals surface area contributed by atoms with Gasteiger partial charge in [0.25, 0.3) is 16.5 Å². The van der Waals surface area contributed by atoms with Crippen molar-refractivity contribution in [1.29, 1.82) is 0 Å². The zero-order valence-corrected chi connectivity index (χ0v) is 11.5. The SMILES string of the molecule is COC(C)c1ccc(C(OS(C)(=O)=O)C(F)F)nc1. The average Bonchev–Trinajstić information content (AvgIpc) is 2.34. The van der Waals surface area contributed by atoms with E-state index in [9.17, 15) is 17.2 Å². The van der Waals surface area contributed by atoms with Gasteiger partial charge in [0, 0.05) is 13.3 Å². The Morgan fingerprint density at radius 3 is 2.32 bits per heavy atom. The molecule has 0 aromatic carbocycles. The number of pyridine rings is 1. The number of alkyl halides is 2. The molecule has 0 radical (unpaired) electrons. The topological polar surface area (TPSA) is 65.5 Å². The first-order chi connectivity index (χ1) is 8.74. The molecule has 0 aliphatic heterocycles. The second-order valence-electron chi connectivity index (χ2n) is 3.95. The Morgan fingerprint density at radius 2 is 1.95 bits per heavy atom. The van der Waals surface area contributed by atoms with Crippen LogP contribution < -0.4 is 0 Å². The molecule has 0 fully saturated rings. The fraction of sp³-hybridized carbons (Fsp3) is 0.545. The number of hydrogen-bond acceptors (Lipinski definition) is 5. The lowest BCUT2D eigenvalue weighted by Crippen LogP contribution is -2.18. The van der Waals surface area contributed by atoms with Crippen LogP contribution in [-0.2, 0) is 19.0 Å². The summed E-state index contributed by atoms with van der Waals surface area (Å²) in [5, 5.41) is 0. The number of aromatic nitrogens is 1. The number of halogens is 2. The molecule has 5 nitrogen and oxygen atoms in total. The molecule has 1 aromatic heterocycles. The zero-order chi connectivity index (χ0) is 14.6. The van der Waals surface area contributed by atoms with Crippen LogP contribution in [0.2, 0.25) is 0 Å². The summed E-state index contributed by atoms with van der Waals surface area (Å²) in [6.07, 6.45) is -3.06. The summed E-state index contributed by atoms with van der Waals surface area (Å²) in [4.78, 5) is 3.80. The average molecular weight is 295 g/mol. The van der Waals surface area contributed by atoms with Crippen molar-refractivity contribution in [3.63, 3.8) is 0 Å². The Kier molecular flexibility index (Phi) is 5.33. The minimum atomic E-state index is -3.99. The van der Waals surface area contributed by atoms with Crippen molar-refractivity contribution in [3.8, 4) is 0 Å². The summed E-state index contributed by atoms with van der Waals surface area (Å²) in [5.41, 5.74) is 0.547. The van der Waals surface area contributed by atoms with Gasteiger partial charge in [-0.2, -0.15) is 8.42 Å². The van der Waals surface area contributed by atoms with Crippen molar-refractivity contribution in [3.05, 3.63) is 29.6 Å². The summed E-state index contributed by atoms with van der Waals surface area (Å²) in [5.74, 6) is 0. The second kappa shape index (κ2) is 6.36. The van der Waals surface area contributed by atoms with Crippen molar-refractivity contribution in [2.45, 2.75) is 25.6 Å². The minimum absolute atomic E-state index is 0.146. The number of rotatable bonds is 6. The molecule has 1 rings (SSSR count). The van der Waals surface area contributed by atoms with E-state index >= 15 is 0 Å². The van der Waals surface area contributed by atoms with E-state index in [4.69, 9.17) is 4.74 Å². The van der Waals surface area contributed by atoms with Crippen molar-refractivity contribution < 1.29 is 26.1 Å². The van der Waals surface area contributed by atoms with Crippen molar-refractivity contribution in [2.75, 3.05) is 13.4 Å². The lowest BCUT2D eigenvalue weighted by Gasteiger charge is -2.16. The number of ether oxygens (including phenoxy) is 1. The molecule has 0 amide bonds. The van der Waals surface area contributed by atoms with E-state index in [1.54, 1.807) is 6.92 Å². The molecule has 1 heterocycles. The molecule has 0 N–H and O–H groups in total. The summed E-state index contributed by atoms with van der Waals surface area (Å²) in [6.45, 7) is 1.77. The molecule has 19 heavy (non-hydrogen) atoms. The minimum Gasteiger partial charge on any atom is -0.377 e. The third kappa shape index (κ3) is 4.81. The lowest BCUT2D eigenvalue weighted by molar-refractivity contribution is 0.0123. The van der Waals surface area contributed by atoms with Crippen LogP contribution in [-0.4, -0.2) is 33.2 Å². The third-order valence-electron chi connectivity index (χ3n) is 2.43. The first kappa shape index (κ1) is 15.9. The van der Waals surface area contributed by atoms with E-state index in [2.05, 4.69) is 9.17 Å². The van der Waals surface area contributed by atoms with Gasteiger partial charge in [0.1, 0.15) is 0 Å². The maximum atomic E-state index is 12.8. The van der Waals surface area contributed by atoms with Gasteiger partial charge in [0.05, 0.1) is 18.1 Å². The molecule has 8 heteroatoms. The molecular weight excluding hydrogens is 280 g/mol. The van der Waals surface area contributed by atoms with Gasteiger partial charge in [0.15, 0.2) is 6.10 Å². The fourth-order valence-corrected chi connectivity index (χ4v) is 1.93. The van der Waals surface area contributed by atoms with E-state index < -0.39 is 22.6 Å². The molecule has 0 spiro atoms. The van der Waals surface area contributed by atoms with Crippen LogP contribution in [0.4, 0.5) is 8.78 Å². The van der Waals surface area contributed by atoms with Crippen LogP contribution in [0.3, 0.4) is 0 Å². The van der Waals surface area contributed by atoms with Crippen LogP contribution in [0.15, 0.2) is 18.3 Å². The molecule has 0 bridgehead atoms. The van der Waals surface area contributed by atoms with Gasteiger partial charge in [-0.3, -0.25) is 9.17 Å². The third-order valence-corrected chi connectivity index (χ3v) is 2.99. The van der Waals surface area contributed by atoms with Gasteiger partial charge in [-0.25, -0.2) is 8.78 Å². The highest BCUT2D eigenvalue weighted by molar-refractivity contribution is 7.86. The Hall–Kier alpha value is -1.12. The maximum Gasteiger partial charge on any atom is 0.271 e. The van der Waals surface area contributed by atoms with Gasteiger partial charge in [-0.05, 0) is 18.6 Å². The lowest BCUT2D eigenvalue weighted by atomic mass is 10.1. The smallest absolute Gasteiger partial charge is 0.271 e. The van der Waals surface area contributed by atoms with E-state index in [-0.39, 0.29) is 11.8 Å². The highest BCUT2D eigenvalue weighted by atomic mass is 32.2. The first-order valence-corrected chi connectivity index (χ1v) is 7.21. The van der Waals surface area contributed by atoms with Gasteiger partial charge >= 0.3 is 0 Å². The van der Waals surface area contributed by atoms with Crippen LogP contribution in [0.25, 0.3) is 0 Å². The summed E-state index contributed by atoms with van der Waals surface area (Å²) in [7, 11) is -2.49. The largest absolute Gasteiger partial charge is 0.377 e. The van der Waals surface area contributed by atoms with Gasteiger partial charge < -0.3 is 4.74 Å². The molecule has 2 unspecified atom stereocenters. The number of nitrogens with zero attached hydrogens (tertiary/aromatic N) is 1. The van der Waals surface area contributed by atoms with Crippen LogP contribution in [0.1, 0.15) is 30.4 Å². The predicted molar refractivity (Wildman–Crippen MR) is 64.3 cm³/mol. The normalized spacial score (nSPS) is 15.5. The van der Waals surface area contributed by atoms with E-state index in [1.165, 1.54) is 25.4 Å². The quantitative estimate of drug-likeness (QED) is 0.752. The fourth-order valence-electron chi connectivity index (χ4n) is 1.37.